The quantitative estimate of drug-likeness (QED) is 0.739. The summed E-state index contributed by atoms with van der Waals surface area (Å²) in [5.74, 6) is 0.338. The number of halogens is 1. The molecule has 0 spiro atoms. The number of aryl methyl sites for hydroxylation is 1. The molecule has 14 heavy (non-hydrogen) atoms. The van der Waals surface area contributed by atoms with Gasteiger partial charge in [0, 0.05) is 25.3 Å². The largest absolute Gasteiger partial charge is 0.325 e. The van der Waals surface area contributed by atoms with E-state index in [-0.39, 0.29) is 5.16 Å². The topological polar surface area (TPSA) is 52.0 Å². The zero-order chi connectivity index (χ0) is 10.8. The average molecular weight is 237 g/mol. The van der Waals surface area contributed by atoms with Crippen LogP contribution in [0, 0.1) is 0 Å². The third kappa shape index (κ3) is 2.09. The molecule has 0 aliphatic heterocycles. The Bertz CT molecular complexity index is 399. The highest BCUT2D eigenvalue weighted by molar-refractivity contribution is 7.91. The minimum Gasteiger partial charge on any atom is -0.325 e. The summed E-state index contributed by atoms with van der Waals surface area (Å²) in [6.45, 7) is 1.65. The molecule has 80 valence electrons. The summed E-state index contributed by atoms with van der Waals surface area (Å²) in [6.07, 6.45) is 3.53. The molecule has 4 nitrogen and oxygen atoms in total. The summed E-state index contributed by atoms with van der Waals surface area (Å²) in [5.41, 5.74) is 0. The number of hydrogen-bond acceptors (Lipinski definition) is 3. The molecule has 1 atom stereocenters. The predicted octanol–water partition coefficient (Wildman–Crippen LogP) is 1.21. The van der Waals surface area contributed by atoms with Gasteiger partial charge in [-0.1, -0.05) is 0 Å². The van der Waals surface area contributed by atoms with Gasteiger partial charge >= 0.3 is 0 Å². The molecule has 1 aromatic rings. The summed E-state index contributed by atoms with van der Waals surface area (Å²) < 4.78 is 25.2. The van der Waals surface area contributed by atoms with E-state index in [4.69, 9.17) is 11.6 Å². The minimum absolute atomic E-state index is 0.107. The normalized spacial score (nSPS) is 14.2. The van der Waals surface area contributed by atoms with Crippen molar-refractivity contribution < 1.29 is 8.42 Å². The molecule has 0 N–H and O–H groups in total. The van der Waals surface area contributed by atoms with Crippen molar-refractivity contribution in [3.8, 4) is 0 Å². The Morgan fingerprint density at radius 1 is 1.64 bits per heavy atom. The number of aromatic nitrogens is 2. The van der Waals surface area contributed by atoms with Crippen LogP contribution in [0.1, 0.15) is 13.3 Å². The predicted molar refractivity (Wildman–Crippen MR) is 55.2 cm³/mol. The summed E-state index contributed by atoms with van der Waals surface area (Å²) in [7, 11) is -1.66. The molecule has 0 bridgehead atoms. The maximum atomic E-state index is 11.9. The SMILES string of the molecule is CC(CCCl)S(=O)(=O)c1nccn1C. The Hall–Kier alpha value is -0.550. The van der Waals surface area contributed by atoms with Gasteiger partial charge in [-0.05, 0) is 13.3 Å². The van der Waals surface area contributed by atoms with Crippen LogP contribution in [0.25, 0.3) is 0 Å². The third-order valence-corrected chi connectivity index (χ3v) is 4.49. The Labute approximate surface area is 88.8 Å². The highest BCUT2D eigenvalue weighted by Gasteiger charge is 2.26. The first-order chi connectivity index (χ1) is 6.50. The number of imidazole rings is 1. The van der Waals surface area contributed by atoms with Crippen LogP contribution in [-0.4, -0.2) is 29.1 Å². The van der Waals surface area contributed by atoms with Crippen LogP contribution >= 0.6 is 11.6 Å². The van der Waals surface area contributed by atoms with Crippen LogP contribution in [0.2, 0.25) is 0 Å². The lowest BCUT2D eigenvalue weighted by atomic mass is 10.4. The number of rotatable bonds is 4. The van der Waals surface area contributed by atoms with E-state index >= 15 is 0 Å². The van der Waals surface area contributed by atoms with Gasteiger partial charge in [-0.25, -0.2) is 13.4 Å². The fourth-order valence-corrected chi connectivity index (χ4v) is 3.03. The molecule has 0 amide bonds. The zero-order valence-electron chi connectivity index (χ0n) is 8.14. The smallest absolute Gasteiger partial charge is 0.227 e. The van der Waals surface area contributed by atoms with Crippen molar-refractivity contribution in [2.45, 2.75) is 23.8 Å². The maximum Gasteiger partial charge on any atom is 0.227 e. The molecule has 0 aliphatic rings. The van der Waals surface area contributed by atoms with Gasteiger partial charge in [0.2, 0.25) is 15.0 Å². The number of nitrogens with zero attached hydrogens (tertiary/aromatic N) is 2. The summed E-state index contributed by atoms with van der Waals surface area (Å²) >= 11 is 5.51. The fraction of sp³-hybridized carbons (Fsp3) is 0.625. The van der Waals surface area contributed by atoms with Crippen molar-refractivity contribution in [1.82, 2.24) is 9.55 Å². The van der Waals surface area contributed by atoms with Crippen LogP contribution in [0.15, 0.2) is 17.6 Å². The molecule has 0 radical (unpaired) electrons. The van der Waals surface area contributed by atoms with Crippen molar-refractivity contribution >= 4 is 21.4 Å². The van der Waals surface area contributed by atoms with Crippen LogP contribution in [0.5, 0.6) is 0 Å². The molecule has 1 unspecified atom stereocenters. The monoisotopic (exact) mass is 236 g/mol. The van der Waals surface area contributed by atoms with E-state index in [0.717, 1.165) is 0 Å². The molecular weight excluding hydrogens is 224 g/mol. The van der Waals surface area contributed by atoms with E-state index in [0.29, 0.717) is 12.3 Å². The average Bonchev–Trinajstić information content (AvgIpc) is 2.52. The van der Waals surface area contributed by atoms with E-state index < -0.39 is 15.1 Å². The van der Waals surface area contributed by atoms with Gasteiger partial charge in [-0.3, -0.25) is 0 Å². The molecular formula is C8H13ClN2O2S. The molecule has 0 aliphatic carbocycles. The third-order valence-electron chi connectivity index (χ3n) is 2.08. The van der Waals surface area contributed by atoms with Gasteiger partial charge in [0.1, 0.15) is 0 Å². The molecule has 0 saturated carbocycles. The maximum absolute atomic E-state index is 11.9. The van der Waals surface area contributed by atoms with Crippen molar-refractivity contribution in [2.75, 3.05) is 5.88 Å². The molecule has 0 fully saturated rings. The highest BCUT2D eigenvalue weighted by atomic mass is 35.5. The lowest BCUT2D eigenvalue weighted by Gasteiger charge is -2.10. The number of alkyl halides is 1. The molecule has 1 heterocycles. The molecule has 1 aromatic heterocycles. The van der Waals surface area contributed by atoms with Gasteiger partial charge in [0.15, 0.2) is 0 Å². The summed E-state index contributed by atoms with van der Waals surface area (Å²) in [6, 6.07) is 0. The Balaban J connectivity index is 3.03. The molecule has 1 rings (SSSR count). The van der Waals surface area contributed by atoms with E-state index in [1.165, 1.54) is 10.8 Å². The van der Waals surface area contributed by atoms with Crippen LogP contribution in [0.4, 0.5) is 0 Å². The Morgan fingerprint density at radius 2 is 2.29 bits per heavy atom. The number of sulfone groups is 1. The lowest BCUT2D eigenvalue weighted by Crippen LogP contribution is -2.21. The van der Waals surface area contributed by atoms with Crippen LogP contribution in [-0.2, 0) is 16.9 Å². The fourth-order valence-electron chi connectivity index (χ4n) is 1.11. The first kappa shape index (κ1) is 11.5. The lowest BCUT2D eigenvalue weighted by molar-refractivity contribution is 0.564. The second kappa shape index (κ2) is 4.31. The first-order valence-electron chi connectivity index (χ1n) is 4.27. The van der Waals surface area contributed by atoms with E-state index in [1.807, 2.05) is 0 Å². The van der Waals surface area contributed by atoms with Crippen molar-refractivity contribution in [1.29, 1.82) is 0 Å². The Kier molecular flexibility index (Phi) is 3.55. The van der Waals surface area contributed by atoms with Crippen LogP contribution in [0.3, 0.4) is 0 Å². The standard InChI is InChI=1S/C8H13ClN2O2S/c1-7(3-4-9)14(12,13)8-10-5-6-11(8)2/h5-7H,3-4H2,1-2H3. The van der Waals surface area contributed by atoms with Gasteiger partial charge in [0.25, 0.3) is 0 Å². The Morgan fingerprint density at radius 3 is 2.71 bits per heavy atom. The summed E-state index contributed by atoms with van der Waals surface area (Å²) in [4.78, 5) is 3.82. The van der Waals surface area contributed by atoms with E-state index in [9.17, 15) is 8.42 Å². The van der Waals surface area contributed by atoms with Crippen molar-refractivity contribution in [2.24, 2.45) is 7.05 Å². The van der Waals surface area contributed by atoms with Gasteiger partial charge in [-0.2, -0.15) is 0 Å². The molecule has 6 heteroatoms. The molecule has 0 saturated heterocycles. The van der Waals surface area contributed by atoms with Gasteiger partial charge in [0.05, 0.1) is 5.25 Å². The second-order valence-electron chi connectivity index (χ2n) is 3.15. The van der Waals surface area contributed by atoms with Gasteiger partial charge < -0.3 is 4.57 Å². The van der Waals surface area contributed by atoms with Crippen molar-refractivity contribution in [3.63, 3.8) is 0 Å². The second-order valence-corrected chi connectivity index (χ2v) is 5.79. The van der Waals surface area contributed by atoms with E-state index in [1.54, 1.807) is 20.2 Å². The van der Waals surface area contributed by atoms with Gasteiger partial charge in [-0.15, -0.1) is 11.6 Å². The van der Waals surface area contributed by atoms with Crippen molar-refractivity contribution in [3.05, 3.63) is 12.4 Å². The first-order valence-corrected chi connectivity index (χ1v) is 6.35. The minimum atomic E-state index is -3.32. The van der Waals surface area contributed by atoms with E-state index in [2.05, 4.69) is 4.98 Å². The highest BCUT2D eigenvalue weighted by Crippen LogP contribution is 2.15. The number of hydrogen-bond donors (Lipinski definition) is 0. The van der Waals surface area contributed by atoms with Crippen LogP contribution < -0.4 is 0 Å². The zero-order valence-corrected chi connectivity index (χ0v) is 9.72. The molecule has 0 aromatic carbocycles. The summed E-state index contributed by atoms with van der Waals surface area (Å²) in [5, 5.41) is -0.379.